The summed E-state index contributed by atoms with van der Waals surface area (Å²) in [5, 5.41) is 3.21. The number of nitrogens with zero attached hydrogens (tertiary/aromatic N) is 2. The van der Waals surface area contributed by atoms with Gasteiger partial charge in [-0.25, -0.2) is 0 Å². The Balaban J connectivity index is 1.77. The van der Waals surface area contributed by atoms with E-state index in [9.17, 15) is 0 Å². The van der Waals surface area contributed by atoms with Crippen LogP contribution >= 0.6 is 0 Å². The molecule has 1 N–H and O–H groups in total. The zero-order valence-electron chi connectivity index (χ0n) is 10.0. The third-order valence-electron chi connectivity index (χ3n) is 3.10. The SMILES string of the molecule is CNCN1CCN(Cc2ccccc2)CC1. The third-order valence-corrected chi connectivity index (χ3v) is 3.10. The summed E-state index contributed by atoms with van der Waals surface area (Å²) in [6.45, 7) is 6.81. The van der Waals surface area contributed by atoms with E-state index < -0.39 is 0 Å². The molecule has 0 saturated carbocycles. The third kappa shape index (κ3) is 3.30. The number of piperazine rings is 1. The van der Waals surface area contributed by atoms with E-state index in [4.69, 9.17) is 0 Å². The van der Waals surface area contributed by atoms with Gasteiger partial charge >= 0.3 is 0 Å². The Morgan fingerprint density at radius 3 is 2.25 bits per heavy atom. The highest BCUT2D eigenvalue weighted by molar-refractivity contribution is 5.14. The minimum atomic E-state index is 1.01. The highest BCUT2D eigenvalue weighted by Gasteiger charge is 2.15. The molecule has 1 aliphatic rings. The first kappa shape index (κ1) is 11.6. The molecule has 16 heavy (non-hydrogen) atoms. The second-order valence-corrected chi connectivity index (χ2v) is 4.39. The molecule has 3 nitrogen and oxygen atoms in total. The molecule has 1 aromatic rings. The molecule has 1 aromatic carbocycles. The van der Waals surface area contributed by atoms with Crippen LogP contribution in [0.1, 0.15) is 5.56 Å². The summed E-state index contributed by atoms with van der Waals surface area (Å²) in [4.78, 5) is 4.99. The van der Waals surface area contributed by atoms with Crippen LogP contribution in [-0.4, -0.2) is 49.7 Å². The molecule has 0 unspecified atom stereocenters. The van der Waals surface area contributed by atoms with Gasteiger partial charge in [0.1, 0.15) is 0 Å². The Labute approximate surface area is 98.0 Å². The molecule has 0 bridgehead atoms. The van der Waals surface area contributed by atoms with E-state index in [1.54, 1.807) is 0 Å². The zero-order chi connectivity index (χ0) is 11.2. The number of hydrogen-bond acceptors (Lipinski definition) is 3. The molecule has 0 aromatic heterocycles. The molecule has 1 saturated heterocycles. The summed E-state index contributed by atoms with van der Waals surface area (Å²) in [6.07, 6.45) is 0. The first-order valence-electron chi connectivity index (χ1n) is 6.02. The van der Waals surface area contributed by atoms with Crippen molar-refractivity contribution < 1.29 is 0 Å². The Morgan fingerprint density at radius 2 is 1.62 bits per heavy atom. The first-order chi connectivity index (χ1) is 7.88. The lowest BCUT2D eigenvalue weighted by Crippen LogP contribution is -2.48. The molecule has 0 amide bonds. The van der Waals surface area contributed by atoms with Crippen molar-refractivity contribution in [1.82, 2.24) is 15.1 Å². The maximum absolute atomic E-state index is 3.21. The van der Waals surface area contributed by atoms with E-state index in [-0.39, 0.29) is 0 Å². The van der Waals surface area contributed by atoms with E-state index in [2.05, 4.69) is 45.4 Å². The van der Waals surface area contributed by atoms with Gasteiger partial charge in [0, 0.05) is 39.4 Å². The van der Waals surface area contributed by atoms with Gasteiger partial charge in [-0.1, -0.05) is 30.3 Å². The van der Waals surface area contributed by atoms with Crippen LogP contribution in [0.4, 0.5) is 0 Å². The lowest BCUT2D eigenvalue weighted by atomic mass is 10.2. The number of benzene rings is 1. The minimum Gasteiger partial charge on any atom is -0.307 e. The van der Waals surface area contributed by atoms with Gasteiger partial charge < -0.3 is 5.32 Å². The van der Waals surface area contributed by atoms with E-state index in [1.165, 1.54) is 31.7 Å². The van der Waals surface area contributed by atoms with Gasteiger partial charge in [-0.2, -0.15) is 0 Å². The lowest BCUT2D eigenvalue weighted by Gasteiger charge is -2.34. The largest absolute Gasteiger partial charge is 0.307 e. The van der Waals surface area contributed by atoms with Crippen molar-refractivity contribution >= 4 is 0 Å². The highest BCUT2D eigenvalue weighted by Crippen LogP contribution is 2.07. The Kier molecular flexibility index (Phi) is 4.34. The molecule has 0 spiro atoms. The molecule has 1 fully saturated rings. The van der Waals surface area contributed by atoms with Gasteiger partial charge in [-0.15, -0.1) is 0 Å². The summed E-state index contributed by atoms with van der Waals surface area (Å²) in [7, 11) is 2.01. The maximum Gasteiger partial charge on any atom is 0.0479 e. The van der Waals surface area contributed by atoms with Gasteiger partial charge in [-0.3, -0.25) is 9.80 Å². The van der Waals surface area contributed by atoms with Crippen LogP contribution in [-0.2, 0) is 6.54 Å². The van der Waals surface area contributed by atoms with Gasteiger partial charge in [0.2, 0.25) is 0 Å². The summed E-state index contributed by atoms with van der Waals surface area (Å²) >= 11 is 0. The molecular formula is C13H21N3. The fourth-order valence-corrected chi connectivity index (χ4v) is 2.17. The van der Waals surface area contributed by atoms with Gasteiger partial charge in [-0.05, 0) is 12.6 Å². The quantitative estimate of drug-likeness (QED) is 0.814. The van der Waals surface area contributed by atoms with Crippen LogP contribution in [0.5, 0.6) is 0 Å². The van der Waals surface area contributed by atoms with E-state index in [0.717, 1.165) is 13.2 Å². The normalized spacial score (nSPS) is 18.8. The maximum atomic E-state index is 3.21. The minimum absolute atomic E-state index is 1.01. The van der Waals surface area contributed by atoms with Crippen LogP contribution in [0.2, 0.25) is 0 Å². The average molecular weight is 219 g/mol. The number of nitrogens with one attached hydrogen (secondary N) is 1. The Bertz CT molecular complexity index is 291. The average Bonchev–Trinajstić information content (AvgIpc) is 2.33. The smallest absolute Gasteiger partial charge is 0.0479 e. The molecule has 0 aliphatic carbocycles. The molecular weight excluding hydrogens is 198 g/mol. The fraction of sp³-hybridized carbons (Fsp3) is 0.538. The second-order valence-electron chi connectivity index (χ2n) is 4.39. The second kappa shape index (κ2) is 5.99. The summed E-state index contributed by atoms with van der Waals surface area (Å²) in [6, 6.07) is 10.7. The van der Waals surface area contributed by atoms with Crippen molar-refractivity contribution in [2.45, 2.75) is 6.54 Å². The molecule has 2 rings (SSSR count). The molecule has 1 heterocycles. The number of rotatable bonds is 4. The highest BCUT2D eigenvalue weighted by atomic mass is 15.3. The molecule has 0 atom stereocenters. The van der Waals surface area contributed by atoms with Gasteiger partial charge in [0.15, 0.2) is 0 Å². The van der Waals surface area contributed by atoms with E-state index >= 15 is 0 Å². The van der Waals surface area contributed by atoms with Crippen LogP contribution in [0.3, 0.4) is 0 Å². The van der Waals surface area contributed by atoms with Crippen LogP contribution < -0.4 is 5.32 Å². The Hall–Kier alpha value is -0.900. The van der Waals surface area contributed by atoms with E-state index in [1.807, 2.05) is 7.05 Å². The van der Waals surface area contributed by atoms with Gasteiger partial charge in [0.05, 0.1) is 0 Å². The fourth-order valence-electron chi connectivity index (χ4n) is 2.17. The van der Waals surface area contributed by atoms with Crippen molar-refractivity contribution in [2.24, 2.45) is 0 Å². The summed E-state index contributed by atoms with van der Waals surface area (Å²) in [5.41, 5.74) is 1.42. The van der Waals surface area contributed by atoms with Crippen LogP contribution in [0.25, 0.3) is 0 Å². The topological polar surface area (TPSA) is 18.5 Å². The van der Waals surface area contributed by atoms with Crippen molar-refractivity contribution in [3.05, 3.63) is 35.9 Å². The van der Waals surface area contributed by atoms with Crippen molar-refractivity contribution in [3.63, 3.8) is 0 Å². The van der Waals surface area contributed by atoms with Crippen molar-refractivity contribution in [2.75, 3.05) is 39.9 Å². The van der Waals surface area contributed by atoms with E-state index in [0.29, 0.717) is 0 Å². The Morgan fingerprint density at radius 1 is 1.00 bits per heavy atom. The predicted octanol–water partition coefficient (Wildman–Crippen LogP) is 0.981. The number of hydrogen-bond donors (Lipinski definition) is 1. The van der Waals surface area contributed by atoms with Crippen LogP contribution in [0, 0.1) is 0 Å². The molecule has 0 radical (unpaired) electrons. The van der Waals surface area contributed by atoms with Crippen molar-refractivity contribution in [3.8, 4) is 0 Å². The predicted molar refractivity (Wildman–Crippen MR) is 67.2 cm³/mol. The van der Waals surface area contributed by atoms with Crippen molar-refractivity contribution in [1.29, 1.82) is 0 Å². The zero-order valence-corrected chi connectivity index (χ0v) is 10.0. The van der Waals surface area contributed by atoms with Gasteiger partial charge in [0.25, 0.3) is 0 Å². The standard InChI is InChI=1S/C13H21N3/c1-14-12-16-9-7-15(8-10-16)11-13-5-3-2-4-6-13/h2-6,14H,7-12H2,1H3. The summed E-state index contributed by atoms with van der Waals surface area (Å²) < 4.78 is 0. The monoisotopic (exact) mass is 219 g/mol. The summed E-state index contributed by atoms with van der Waals surface area (Å²) in [5.74, 6) is 0. The lowest BCUT2D eigenvalue weighted by molar-refractivity contribution is 0.122. The van der Waals surface area contributed by atoms with Crippen LogP contribution in [0.15, 0.2) is 30.3 Å². The molecule has 88 valence electrons. The molecule has 3 heteroatoms. The first-order valence-corrected chi connectivity index (χ1v) is 6.02. The molecule has 1 aliphatic heterocycles.